The minimum Gasteiger partial charge on any atom is -0.491 e. The minimum atomic E-state index is -0.835. The molecule has 0 saturated carbocycles. The number of benzene rings is 1. The van der Waals surface area contributed by atoms with Crippen molar-refractivity contribution in [1.29, 1.82) is 0 Å². The number of fused-ring (bicyclic) bond motifs is 1. The second-order valence-corrected chi connectivity index (χ2v) is 4.59. The van der Waals surface area contributed by atoms with Crippen molar-refractivity contribution in [2.75, 3.05) is 23.5 Å². The zero-order valence-corrected chi connectivity index (χ0v) is 11.1. The van der Waals surface area contributed by atoms with Crippen LogP contribution in [0.4, 0.5) is 26.1 Å². The summed E-state index contributed by atoms with van der Waals surface area (Å²) in [5.41, 5.74) is 2.82. The van der Waals surface area contributed by atoms with Gasteiger partial charge in [0.15, 0.2) is 23.3 Å². The van der Waals surface area contributed by atoms with Crippen LogP contribution < -0.4 is 20.9 Å². The number of nitrogen functional groups attached to an aromatic ring is 1. The summed E-state index contributed by atoms with van der Waals surface area (Å²) in [6.45, 7) is 1.04. The molecular weight excluding hydrogens is 278 g/mol. The lowest BCUT2D eigenvalue weighted by Gasteiger charge is -2.23. The van der Waals surface area contributed by atoms with E-state index in [0.717, 1.165) is 6.07 Å². The number of nitrogens with two attached hydrogens (primary N) is 1. The van der Waals surface area contributed by atoms with E-state index in [1.165, 1.54) is 0 Å². The zero-order valence-electron chi connectivity index (χ0n) is 11.1. The molecule has 0 radical (unpaired) electrons. The molecule has 3 N–H and O–H groups in total. The summed E-state index contributed by atoms with van der Waals surface area (Å²) in [5, 5.41) is 0. The number of halogens is 2. The highest BCUT2D eigenvalue weighted by molar-refractivity contribution is 5.68. The molecule has 0 unspecified atom stereocenters. The largest absolute Gasteiger partial charge is 0.491 e. The van der Waals surface area contributed by atoms with Gasteiger partial charge in [-0.15, -0.1) is 0 Å². The number of hydrogen-bond acceptors (Lipinski definition) is 5. The number of hydrazine groups is 1. The first-order valence-corrected chi connectivity index (χ1v) is 6.52. The Hall–Kier alpha value is -2.41. The molecule has 0 atom stereocenters. The van der Waals surface area contributed by atoms with Gasteiger partial charge in [-0.2, -0.15) is 0 Å². The fourth-order valence-corrected chi connectivity index (χ4v) is 2.29. The number of para-hydroxylation sites is 2. The number of anilines is 3. The molecule has 0 spiro atoms. The maximum atomic E-state index is 14.1. The summed E-state index contributed by atoms with van der Waals surface area (Å²) in [6.07, 6.45) is 0.693. The van der Waals surface area contributed by atoms with E-state index in [1.807, 2.05) is 12.1 Å². The first-order valence-electron chi connectivity index (χ1n) is 6.52. The second-order valence-electron chi connectivity index (χ2n) is 4.59. The average molecular weight is 292 g/mol. The van der Waals surface area contributed by atoms with Crippen molar-refractivity contribution < 1.29 is 13.5 Å². The second kappa shape index (κ2) is 5.53. The van der Waals surface area contributed by atoms with Crippen molar-refractivity contribution in [3.63, 3.8) is 0 Å². The van der Waals surface area contributed by atoms with Crippen LogP contribution in [0.15, 0.2) is 30.3 Å². The number of pyridine rings is 1. The van der Waals surface area contributed by atoms with E-state index in [4.69, 9.17) is 10.6 Å². The molecule has 3 rings (SSSR count). The summed E-state index contributed by atoms with van der Waals surface area (Å²) in [6, 6.07) is 8.04. The van der Waals surface area contributed by atoms with Crippen molar-refractivity contribution in [3.8, 4) is 5.75 Å². The van der Waals surface area contributed by atoms with Crippen LogP contribution in [0.25, 0.3) is 0 Å². The van der Waals surface area contributed by atoms with Crippen molar-refractivity contribution in [1.82, 2.24) is 4.98 Å². The van der Waals surface area contributed by atoms with E-state index in [9.17, 15) is 8.78 Å². The van der Waals surface area contributed by atoms with E-state index >= 15 is 0 Å². The molecule has 110 valence electrons. The van der Waals surface area contributed by atoms with Crippen molar-refractivity contribution in [2.24, 2.45) is 5.84 Å². The molecule has 7 heteroatoms. The third kappa shape index (κ3) is 2.47. The van der Waals surface area contributed by atoms with Crippen LogP contribution in [-0.2, 0) is 0 Å². The Balaban J connectivity index is 2.12. The van der Waals surface area contributed by atoms with Crippen LogP contribution in [0.3, 0.4) is 0 Å². The molecule has 0 aliphatic carbocycles. The van der Waals surface area contributed by atoms with E-state index in [1.54, 1.807) is 17.0 Å². The van der Waals surface area contributed by atoms with Gasteiger partial charge >= 0.3 is 0 Å². The van der Waals surface area contributed by atoms with Crippen LogP contribution >= 0.6 is 0 Å². The third-order valence-electron chi connectivity index (χ3n) is 3.24. The molecule has 1 aromatic heterocycles. The van der Waals surface area contributed by atoms with Crippen LogP contribution in [0.5, 0.6) is 5.75 Å². The number of nitrogens with one attached hydrogen (secondary N) is 1. The van der Waals surface area contributed by atoms with Crippen LogP contribution in [0, 0.1) is 11.6 Å². The predicted molar refractivity (Wildman–Crippen MR) is 75.5 cm³/mol. The lowest BCUT2D eigenvalue weighted by molar-refractivity contribution is 0.322. The van der Waals surface area contributed by atoms with Gasteiger partial charge in [0.25, 0.3) is 0 Å². The first kappa shape index (κ1) is 13.6. The number of rotatable bonds is 2. The number of hydrogen-bond donors (Lipinski definition) is 2. The molecule has 0 fully saturated rings. The Morgan fingerprint density at radius 3 is 2.86 bits per heavy atom. The van der Waals surface area contributed by atoms with Crippen LogP contribution in [-0.4, -0.2) is 18.1 Å². The molecule has 0 saturated heterocycles. The maximum absolute atomic E-state index is 14.1. The molecule has 1 aromatic carbocycles. The minimum absolute atomic E-state index is 0.0160. The SMILES string of the molecule is NNc1nc(N2CCCOc3ccccc32)c(F)cc1F. The van der Waals surface area contributed by atoms with Gasteiger partial charge in [-0.25, -0.2) is 19.6 Å². The number of nitrogens with zero attached hydrogens (tertiary/aromatic N) is 2. The Bertz CT molecular complexity index is 665. The highest BCUT2D eigenvalue weighted by Crippen LogP contribution is 2.36. The monoisotopic (exact) mass is 292 g/mol. The topological polar surface area (TPSA) is 63.4 Å². The Morgan fingerprint density at radius 2 is 2.05 bits per heavy atom. The molecule has 1 aliphatic rings. The quantitative estimate of drug-likeness (QED) is 0.658. The summed E-state index contributed by atoms with van der Waals surface area (Å²) in [5.74, 6) is 4.08. The zero-order chi connectivity index (χ0) is 14.8. The highest BCUT2D eigenvalue weighted by atomic mass is 19.1. The molecule has 0 amide bonds. The van der Waals surface area contributed by atoms with Crippen molar-refractivity contribution in [2.45, 2.75) is 6.42 Å². The number of aromatic nitrogens is 1. The fourth-order valence-electron chi connectivity index (χ4n) is 2.29. The summed E-state index contributed by atoms with van der Waals surface area (Å²) >= 11 is 0. The fraction of sp³-hybridized carbons (Fsp3) is 0.214. The Morgan fingerprint density at radius 1 is 1.24 bits per heavy atom. The molecule has 0 bridgehead atoms. The van der Waals surface area contributed by atoms with Gasteiger partial charge in [-0.3, -0.25) is 0 Å². The first-order chi connectivity index (χ1) is 10.2. The lowest BCUT2D eigenvalue weighted by Crippen LogP contribution is -2.22. The third-order valence-corrected chi connectivity index (χ3v) is 3.24. The normalized spacial score (nSPS) is 14.1. The summed E-state index contributed by atoms with van der Waals surface area (Å²) in [4.78, 5) is 5.60. The van der Waals surface area contributed by atoms with Gasteiger partial charge in [-0.1, -0.05) is 12.1 Å². The maximum Gasteiger partial charge on any atom is 0.178 e. The smallest absolute Gasteiger partial charge is 0.178 e. The van der Waals surface area contributed by atoms with Crippen LogP contribution in [0.2, 0.25) is 0 Å². The van der Waals surface area contributed by atoms with Gasteiger partial charge in [0, 0.05) is 12.6 Å². The average Bonchev–Trinajstić information content (AvgIpc) is 2.70. The van der Waals surface area contributed by atoms with E-state index in [0.29, 0.717) is 31.0 Å². The molecule has 21 heavy (non-hydrogen) atoms. The Kier molecular flexibility index (Phi) is 3.57. The van der Waals surface area contributed by atoms with Gasteiger partial charge in [0.2, 0.25) is 0 Å². The Labute approximate surface area is 120 Å². The van der Waals surface area contributed by atoms with E-state index < -0.39 is 11.6 Å². The van der Waals surface area contributed by atoms with Gasteiger partial charge in [0.05, 0.1) is 12.3 Å². The summed E-state index contributed by atoms with van der Waals surface area (Å²) in [7, 11) is 0. The van der Waals surface area contributed by atoms with Crippen LogP contribution in [0.1, 0.15) is 6.42 Å². The lowest BCUT2D eigenvalue weighted by atomic mass is 10.2. The number of ether oxygens (including phenoxy) is 1. The molecule has 2 aromatic rings. The molecular formula is C14H14F2N4O. The molecule has 2 heterocycles. The standard InChI is InChI=1S/C14H14F2N4O/c15-9-8-10(16)14(18-13(9)19-17)20-6-3-7-21-12-5-2-1-4-11(12)20/h1-2,4-5,8H,3,6-7,17H2,(H,18,19). The van der Waals surface area contributed by atoms with Gasteiger partial charge in [-0.05, 0) is 18.6 Å². The molecule has 1 aliphatic heterocycles. The van der Waals surface area contributed by atoms with Crippen molar-refractivity contribution in [3.05, 3.63) is 42.0 Å². The molecule has 5 nitrogen and oxygen atoms in total. The summed E-state index contributed by atoms with van der Waals surface area (Å²) < 4.78 is 33.2. The van der Waals surface area contributed by atoms with Gasteiger partial charge < -0.3 is 15.1 Å². The predicted octanol–water partition coefficient (Wildman–Crippen LogP) is 2.57. The highest BCUT2D eigenvalue weighted by Gasteiger charge is 2.23. The van der Waals surface area contributed by atoms with E-state index in [2.05, 4.69) is 10.4 Å². The van der Waals surface area contributed by atoms with Crippen molar-refractivity contribution >= 4 is 17.3 Å². The van der Waals surface area contributed by atoms with Gasteiger partial charge in [0.1, 0.15) is 5.75 Å². The van der Waals surface area contributed by atoms with E-state index in [-0.39, 0.29) is 11.6 Å².